The Bertz CT molecular complexity index is 1100. The molecule has 6 nitrogen and oxygen atoms in total. The van der Waals surface area contributed by atoms with Crippen molar-refractivity contribution in [2.45, 2.75) is 6.92 Å². The minimum absolute atomic E-state index is 0.157. The number of thiazole rings is 1. The van der Waals surface area contributed by atoms with E-state index in [1.54, 1.807) is 30.1 Å². The third-order valence-corrected chi connectivity index (χ3v) is 6.22. The maximum absolute atomic E-state index is 12.9. The van der Waals surface area contributed by atoms with E-state index in [2.05, 4.69) is 10.3 Å². The van der Waals surface area contributed by atoms with Gasteiger partial charge in [0.2, 0.25) is 0 Å². The number of nitrogens with one attached hydrogen (secondary N) is 1. The number of furan rings is 1. The molecule has 1 aromatic carbocycles. The zero-order chi connectivity index (χ0) is 19.0. The Morgan fingerprint density at radius 3 is 2.70 bits per heavy atom. The highest BCUT2D eigenvalue weighted by atomic mass is 32.1. The number of para-hydroxylation sites is 1. The molecule has 4 rings (SSSR count). The molecule has 0 fully saturated rings. The molecular weight excluding hydrogens is 382 g/mol. The Kier molecular flexibility index (Phi) is 4.51. The average Bonchev–Trinajstić information content (AvgIpc) is 3.39. The molecule has 0 atom stereocenters. The van der Waals surface area contributed by atoms with Crippen LogP contribution in [-0.4, -0.2) is 23.8 Å². The van der Waals surface area contributed by atoms with Crippen molar-refractivity contribution in [1.82, 2.24) is 4.98 Å². The fourth-order valence-electron chi connectivity index (χ4n) is 2.58. The number of aryl methyl sites for hydroxylation is 1. The van der Waals surface area contributed by atoms with Gasteiger partial charge < -0.3 is 9.73 Å². The number of benzene rings is 1. The highest BCUT2D eigenvalue weighted by molar-refractivity contribution is 7.22. The van der Waals surface area contributed by atoms with E-state index in [4.69, 9.17) is 4.42 Å². The van der Waals surface area contributed by atoms with Gasteiger partial charge >= 0.3 is 0 Å². The fourth-order valence-corrected chi connectivity index (χ4v) is 4.55. The lowest BCUT2D eigenvalue weighted by Crippen LogP contribution is -2.25. The molecule has 136 valence electrons. The normalized spacial score (nSPS) is 10.9. The van der Waals surface area contributed by atoms with Gasteiger partial charge in [-0.05, 0) is 42.8 Å². The van der Waals surface area contributed by atoms with Crippen LogP contribution in [0.2, 0.25) is 0 Å². The number of aromatic nitrogens is 1. The molecule has 0 saturated carbocycles. The summed E-state index contributed by atoms with van der Waals surface area (Å²) in [6, 6.07) is 12.8. The summed E-state index contributed by atoms with van der Waals surface area (Å²) in [6.45, 7) is 1.85. The summed E-state index contributed by atoms with van der Waals surface area (Å²) in [6.07, 6.45) is 1.44. The standard InChI is InChI=1S/C19H15N3O3S2/c1-11-10-15(21-17(23)13-7-5-9-25-13)27-16(11)18(24)22(2)19-20-12-6-3-4-8-14(12)26-19/h3-10H,1-2H3,(H,21,23). The summed E-state index contributed by atoms with van der Waals surface area (Å²) in [7, 11) is 1.71. The van der Waals surface area contributed by atoms with Crippen molar-refractivity contribution in [1.29, 1.82) is 0 Å². The molecule has 27 heavy (non-hydrogen) atoms. The van der Waals surface area contributed by atoms with Crippen molar-refractivity contribution >= 4 is 54.8 Å². The van der Waals surface area contributed by atoms with Gasteiger partial charge in [0.15, 0.2) is 10.9 Å². The molecule has 0 bridgehead atoms. The maximum Gasteiger partial charge on any atom is 0.291 e. The Labute approximate surface area is 163 Å². The Morgan fingerprint density at radius 1 is 1.15 bits per heavy atom. The first-order valence-corrected chi connectivity index (χ1v) is 9.75. The lowest BCUT2D eigenvalue weighted by molar-refractivity contribution is 0.0988. The smallest absolute Gasteiger partial charge is 0.291 e. The Hall–Kier alpha value is -2.97. The van der Waals surface area contributed by atoms with Crippen LogP contribution in [-0.2, 0) is 0 Å². The molecule has 3 heterocycles. The third-order valence-electron chi connectivity index (χ3n) is 3.97. The molecule has 0 spiro atoms. The summed E-state index contributed by atoms with van der Waals surface area (Å²) in [5.74, 6) is -0.282. The van der Waals surface area contributed by atoms with Crippen molar-refractivity contribution in [3.8, 4) is 0 Å². The minimum atomic E-state index is -0.347. The van der Waals surface area contributed by atoms with Crippen molar-refractivity contribution < 1.29 is 14.0 Å². The maximum atomic E-state index is 12.9. The van der Waals surface area contributed by atoms with E-state index in [0.717, 1.165) is 15.8 Å². The summed E-state index contributed by atoms with van der Waals surface area (Å²) in [5.41, 5.74) is 1.67. The average molecular weight is 397 g/mol. The lowest BCUT2D eigenvalue weighted by Gasteiger charge is -2.12. The van der Waals surface area contributed by atoms with Crippen LogP contribution in [0.5, 0.6) is 0 Å². The second-order valence-electron chi connectivity index (χ2n) is 5.88. The first-order valence-electron chi connectivity index (χ1n) is 8.12. The zero-order valence-corrected chi connectivity index (χ0v) is 16.2. The van der Waals surface area contributed by atoms with Crippen LogP contribution >= 0.6 is 22.7 Å². The van der Waals surface area contributed by atoms with Crippen molar-refractivity contribution in [2.24, 2.45) is 0 Å². The van der Waals surface area contributed by atoms with E-state index in [1.165, 1.54) is 28.9 Å². The van der Waals surface area contributed by atoms with Gasteiger partial charge in [0.25, 0.3) is 11.8 Å². The van der Waals surface area contributed by atoms with Gasteiger partial charge in [-0.2, -0.15) is 0 Å². The molecule has 3 aromatic heterocycles. The van der Waals surface area contributed by atoms with Gasteiger partial charge in [0.05, 0.1) is 26.4 Å². The van der Waals surface area contributed by atoms with E-state index in [9.17, 15) is 9.59 Å². The monoisotopic (exact) mass is 397 g/mol. The van der Waals surface area contributed by atoms with Crippen LogP contribution in [0.3, 0.4) is 0 Å². The summed E-state index contributed by atoms with van der Waals surface area (Å²) in [5, 5.41) is 3.99. The van der Waals surface area contributed by atoms with Crippen LogP contribution in [0.15, 0.2) is 53.1 Å². The van der Waals surface area contributed by atoms with Gasteiger partial charge in [-0.15, -0.1) is 11.3 Å². The molecule has 1 N–H and O–H groups in total. The number of carbonyl (C=O) groups excluding carboxylic acids is 2. The molecule has 4 aromatic rings. The number of amides is 2. The summed E-state index contributed by atoms with van der Waals surface area (Å²) < 4.78 is 6.12. The van der Waals surface area contributed by atoms with Crippen molar-refractivity contribution in [3.63, 3.8) is 0 Å². The van der Waals surface area contributed by atoms with Gasteiger partial charge in [-0.3, -0.25) is 14.5 Å². The number of fused-ring (bicyclic) bond motifs is 1. The van der Waals surface area contributed by atoms with Crippen LogP contribution < -0.4 is 10.2 Å². The molecule has 0 saturated heterocycles. The van der Waals surface area contributed by atoms with Crippen LogP contribution in [0, 0.1) is 6.92 Å². The third kappa shape index (κ3) is 3.36. The van der Waals surface area contributed by atoms with Crippen molar-refractivity contribution in [2.75, 3.05) is 17.3 Å². The number of carbonyl (C=O) groups is 2. The topological polar surface area (TPSA) is 75.4 Å². The highest BCUT2D eigenvalue weighted by Crippen LogP contribution is 2.32. The fraction of sp³-hybridized carbons (Fsp3) is 0.105. The minimum Gasteiger partial charge on any atom is -0.459 e. The molecule has 8 heteroatoms. The van der Waals surface area contributed by atoms with Gasteiger partial charge in [-0.25, -0.2) is 4.98 Å². The van der Waals surface area contributed by atoms with E-state index in [-0.39, 0.29) is 17.6 Å². The first-order chi connectivity index (χ1) is 13.0. The number of nitrogens with zero attached hydrogens (tertiary/aromatic N) is 2. The lowest BCUT2D eigenvalue weighted by atomic mass is 10.2. The molecule has 0 unspecified atom stereocenters. The molecule has 0 radical (unpaired) electrons. The van der Waals surface area contributed by atoms with Crippen LogP contribution in [0.1, 0.15) is 25.8 Å². The zero-order valence-electron chi connectivity index (χ0n) is 14.6. The quantitative estimate of drug-likeness (QED) is 0.537. The first kappa shape index (κ1) is 17.4. The van der Waals surface area contributed by atoms with E-state index in [0.29, 0.717) is 15.0 Å². The number of hydrogen-bond acceptors (Lipinski definition) is 6. The van der Waals surface area contributed by atoms with E-state index < -0.39 is 0 Å². The molecule has 0 aliphatic carbocycles. The Morgan fingerprint density at radius 2 is 1.96 bits per heavy atom. The predicted molar refractivity (Wildman–Crippen MR) is 108 cm³/mol. The number of thiophene rings is 1. The van der Waals surface area contributed by atoms with E-state index >= 15 is 0 Å². The van der Waals surface area contributed by atoms with Gasteiger partial charge in [0.1, 0.15) is 0 Å². The predicted octanol–water partition coefficient (Wildman–Crippen LogP) is 4.79. The number of rotatable bonds is 4. The SMILES string of the molecule is Cc1cc(NC(=O)c2ccco2)sc1C(=O)N(C)c1nc2ccccc2s1. The molecule has 0 aliphatic heterocycles. The van der Waals surface area contributed by atoms with Gasteiger partial charge in [0, 0.05) is 7.05 Å². The molecular formula is C19H15N3O3S2. The second kappa shape index (κ2) is 6.98. The summed E-state index contributed by atoms with van der Waals surface area (Å²) >= 11 is 2.70. The summed E-state index contributed by atoms with van der Waals surface area (Å²) in [4.78, 5) is 31.7. The number of hydrogen-bond donors (Lipinski definition) is 1. The van der Waals surface area contributed by atoms with Gasteiger partial charge in [-0.1, -0.05) is 23.5 Å². The molecule has 0 aliphatic rings. The highest BCUT2D eigenvalue weighted by Gasteiger charge is 2.22. The van der Waals surface area contributed by atoms with Crippen LogP contribution in [0.25, 0.3) is 10.2 Å². The largest absolute Gasteiger partial charge is 0.459 e. The van der Waals surface area contributed by atoms with Crippen LogP contribution in [0.4, 0.5) is 10.1 Å². The molecule has 2 amide bonds. The second-order valence-corrected chi connectivity index (χ2v) is 7.94. The van der Waals surface area contributed by atoms with E-state index in [1.807, 2.05) is 31.2 Å². The Balaban J connectivity index is 1.56. The number of anilines is 2. The van der Waals surface area contributed by atoms with Crippen molar-refractivity contribution in [3.05, 3.63) is 64.9 Å².